The number of thiophene rings is 1. The smallest absolute Gasteiger partial charge is 0.234 e. The highest BCUT2D eigenvalue weighted by atomic mass is 35.5. The minimum absolute atomic E-state index is 0.476. The Kier molecular flexibility index (Phi) is 3.11. The topological polar surface area (TPSA) is 42.3 Å². The fraction of sp³-hybridized carbons (Fsp3) is 0.200. The molecule has 76 valence electrons. The molecule has 3 nitrogen and oxygen atoms in total. The fourth-order valence-corrected chi connectivity index (χ4v) is 2.43. The zero-order valence-electron chi connectivity index (χ0n) is 7.74. The second-order valence-corrected chi connectivity index (χ2v) is 4.51. The van der Waals surface area contributed by atoms with E-state index in [1.807, 2.05) is 12.1 Å². The van der Waals surface area contributed by atoms with E-state index >= 15 is 0 Å². The van der Waals surface area contributed by atoms with E-state index in [1.54, 1.807) is 17.4 Å². The van der Waals surface area contributed by atoms with Crippen molar-refractivity contribution in [2.75, 3.05) is 6.54 Å². The number of rotatable bonds is 3. The summed E-state index contributed by atoms with van der Waals surface area (Å²) in [5, 5.41) is 0.498. The molecule has 0 radical (unpaired) electrons. The Morgan fingerprint density at radius 3 is 3.20 bits per heavy atom. The van der Waals surface area contributed by atoms with E-state index < -0.39 is 0 Å². The first-order chi connectivity index (χ1) is 7.29. The highest BCUT2D eigenvalue weighted by molar-refractivity contribution is 7.19. The normalized spacial score (nSPS) is 10.2. The van der Waals surface area contributed by atoms with Crippen molar-refractivity contribution in [1.82, 2.24) is 4.98 Å². The summed E-state index contributed by atoms with van der Waals surface area (Å²) in [6.07, 6.45) is 2.27. The average Bonchev–Trinajstić information content (AvgIpc) is 2.60. The van der Waals surface area contributed by atoms with Crippen LogP contribution in [-0.4, -0.2) is 17.6 Å². The maximum absolute atomic E-state index is 9.89. The molecule has 0 amide bonds. The summed E-state index contributed by atoms with van der Waals surface area (Å²) in [5.74, 6) is 0. The SMILES string of the molecule is O=C=NCCc1cc2nc(Cl)ccc2s1. The minimum Gasteiger partial charge on any atom is -0.235 e. The quantitative estimate of drug-likeness (QED) is 0.469. The van der Waals surface area contributed by atoms with Gasteiger partial charge in [-0.2, -0.15) is 0 Å². The first-order valence-electron chi connectivity index (χ1n) is 4.38. The molecule has 0 saturated heterocycles. The number of hydrogen-bond acceptors (Lipinski definition) is 4. The third kappa shape index (κ3) is 2.42. The van der Waals surface area contributed by atoms with E-state index in [4.69, 9.17) is 11.6 Å². The van der Waals surface area contributed by atoms with Crippen LogP contribution in [0.5, 0.6) is 0 Å². The van der Waals surface area contributed by atoms with Crippen LogP contribution in [0.2, 0.25) is 5.15 Å². The first-order valence-corrected chi connectivity index (χ1v) is 5.57. The molecule has 2 aromatic heterocycles. The van der Waals surface area contributed by atoms with Gasteiger partial charge in [0.2, 0.25) is 6.08 Å². The van der Waals surface area contributed by atoms with E-state index in [0.29, 0.717) is 11.7 Å². The van der Waals surface area contributed by atoms with Gasteiger partial charge >= 0.3 is 0 Å². The molecule has 0 N–H and O–H groups in total. The van der Waals surface area contributed by atoms with Crippen molar-refractivity contribution in [2.45, 2.75) is 6.42 Å². The Morgan fingerprint density at radius 2 is 2.40 bits per heavy atom. The maximum atomic E-state index is 9.89. The lowest BCUT2D eigenvalue weighted by Crippen LogP contribution is -1.83. The monoisotopic (exact) mass is 238 g/mol. The maximum Gasteiger partial charge on any atom is 0.234 e. The van der Waals surface area contributed by atoms with Crippen LogP contribution in [0.15, 0.2) is 23.2 Å². The van der Waals surface area contributed by atoms with Crippen LogP contribution >= 0.6 is 22.9 Å². The number of hydrogen-bond donors (Lipinski definition) is 0. The van der Waals surface area contributed by atoms with Crippen molar-refractivity contribution in [2.24, 2.45) is 4.99 Å². The molecule has 15 heavy (non-hydrogen) atoms. The molecule has 5 heteroatoms. The molecule has 0 aliphatic heterocycles. The van der Waals surface area contributed by atoms with Crippen LogP contribution in [0, 0.1) is 0 Å². The molecule has 0 aromatic carbocycles. The number of aliphatic imine (C=N–C) groups is 1. The number of pyridine rings is 1. The lowest BCUT2D eigenvalue weighted by atomic mass is 10.3. The molecule has 0 spiro atoms. The van der Waals surface area contributed by atoms with Crippen LogP contribution in [0.4, 0.5) is 0 Å². The Balaban J connectivity index is 2.26. The predicted molar refractivity (Wildman–Crippen MR) is 61.3 cm³/mol. The van der Waals surface area contributed by atoms with Crippen molar-refractivity contribution in [3.05, 3.63) is 28.2 Å². The standard InChI is InChI=1S/C10H7ClN2OS/c11-10-2-1-9-8(13-10)5-7(15-9)3-4-12-6-14/h1-2,5H,3-4H2. The summed E-state index contributed by atoms with van der Waals surface area (Å²) < 4.78 is 1.10. The van der Waals surface area contributed by atoms with Crippen molar-refractivity contribution in [3.63, 3.8) is 0 Å². The molecule has 2 aromatic rings. The lowest BCUT2D eigenvalue weighted by Gasteiger charge is -1.87. The third-order valence-electron chi connectivity index (χ3n) is 1.93. The van der Waals surface area contributed by atoms with Crippen LogP contribution in [0.25, 0.3) is 10.2 Å². The van der Waals surface area contributed by atoms with Crippen molar-refractivity contribution in [3.8, 4) is 0 Å². The second-order valence-electron chi connectivity index (χ2n) is 2.95. The number of carbonyl (C=O) groups excluding carboxylic acids is 1. The molecule has 2 rings (SSSR count). The summed E-state index contributed by atoms with van der Waals surface area (Å²) in [6.45, 7) is 0.476. The van der Waals surface area contributed by atoms with Gasteiger partial charge in [-0.25, -0.2) is 14.8 Å². The lowest BCUT2D eigenvalue weighted by molar-refractivity contribution is 0.563. The molecular formula is C10H7ClN2OS. The van der Waals surface area contributed by atoms with Gasteiger partial charge in [0.05, 0.1) is 16.8 Å². The van der Waals surface area contributed by atoms with E-state index in [1.165, 1.54) is 6.08 Å². The van der Waals surface area contributed by atoms with Gasteiger partial charge in [-0.1, -0.05) is 11.6 Å². The first kappa shape index (κ1) is 10.3. The fourth-order valence-electron chi connectivity index (χ4n) is 1.29. The molecule has 0 aliphatic rings. The van der Waals surface area contributed by atoms with E-state index in [9.17, 15) is 4.79 Å². The van der Waals surface area contributed by atoms with E-state index in [0.717, 1.165) is 21.5 Å². The number of aromatic nitrogens is 1. The number of halogens is 1. The number of isocyanates is 1. The summed E-state index contributed by atoms with van der Waals surface area (Å²) in [5.41, 5.74) is 0.901. The highest BCUT2D eigenvalue weighted by Gasteiger charge is 2.03. The Bertz CT molecular complexity index is 531. The zero-order chi connectivity index (χ0) is 10.7. The third-order valence-corrected chi connectivity index (χ3v) is 3.29. The van der Waals surface area contributed by atoms with Crippen LogP contribution in [0.1, 0.15) is 4.88 Å². The van der Waals surface area contributed by atoms with Crippen molar-refractivity contribution < 1.29 is 4.79 Å². The molecule has 0 bridgehead atoms. The van der Waals surface area contributed by atoms with Crippen molar-refractivity contribution in [1.29, 1.82) is 0 Å². The van der Waals surface area contributed by atoms with Gasteiger partial charge in [0.25, 0.3) is 0 Å². The molecule has 0 fully saturated rings. The number of fused-ring (bicyclic) bond motifs is 1. The minimum atomic E-state index is 0.476. The highest BCUT2D eigenvalue weighted by Crippen LogP contribution is 2.25. The van der Waals surface area contributed by atoms with Crippen LogP contribution in [-0.2, 0) is 11.2 Å². The van der Waals surface area contributed by atoms with Gasteiger partial charge < -0.3 is 0 Å². The molecule has 2 heterocycles. The largest absolute Gasteiger partial charge is 0.235 e. The van der Waals surface area contributed by atoms with Crippen molar-refractivity contribution >= 4 is 39.2 Å². The van der Waals surface area contributed by atoms with Gasteiger partial charge in [0.1, 0.15) is 5.15 Å². The summed E-state index contributed by atoms with van der Waals surface area (Å²) in [6, 6.07) is 5.70. The molecule has 0 aliphatic carbocycles. The number of nitrogens with zero attached hydrogens (tertiary/aromatic N) is 2. The molecule has 0 unspecified atom stereocenters. The van der Waals surface area contributed by atoms with E-state index in [-0.39, 0.29) is 0 Å². The zero-order valence-corrected chi connectivity index (χ0v) is 9.31. The predicted octanol–water partition coefficient (Wildman–Crippen LogP) is 2.83. The van der Waals surface area contributed by atoms with Crippen LogP contribution in [0.3, 0.4) is 0 Å². The summed E-state index contributed by atoms with van der Waals surface area (Å²) in [4.78, 5) is 18.7. The van der Waals surface area contributed by atoms with Gasteiger partial charge in [-0.3, -0.25) is 0 Å². The van der Waals surface area contributed by atoms with E-state index in [2.05, 4.69) is 9.98 Å². The average molecular weight is 239 g/mol. The summed E-state index contributed by atoms with van der Waals surface area (Å²) >= 11 is 7.42. The van der Waals surface area contributed by atoms with Gasteiger partial charge in [-0.05, 0) is 18.2 Å². The Morgan fingerprint density at radius 1 is 1.53 bits per heavy atom. The van der Waals surface area contributed by atoms with Gasteiger partial charge in [0.15, 0.2) is 0 Å². The van der Waals surface area contributed by atoms with Gasteiger partial charge in [-0.15, -0.1) is 11.3 Å². The second kappa shape index (κ2) is 4.53. The van der Waals surface area contributed by atoms with Gasteiger partial charge in [0, 0.05) is 11.3 Å². The molecular weight excluding hydrogens is 232 g/mol. The Labute approximate surface area is 95.4 Å². The van der Waals surface area contributed by atoms with Crippen LogP contribution < -0.4 is 0 Å². The Hall–Kier alpha value is -1.22. The molecule has 0 saturated carbocycles. The molecule has 0 atom stereocenters. The summed E-state index contributed by atoms with van der Waals surface area (Å²) in [7, 11) is 0.